The van der Waals surface area contributed by atoms with Crippen LogP contribution in [-0.2, 0) is 13.0 Å². The molecule has 0 radical (unpaired) electrons. The van der Waals surface area contributed by atoms with Crippen LogP contribution in [0.2, 0.25) is 0 Å². The third kappa shape index (κ3) is 4.68. The van der Waals surface area contributed by atoms with Gasteiger partial charge in [0, 0.05) is 37.9 Å². The van der Waals surface area contributed by atoms with Gasteiger partial charge in [-0.05, 0) is 55.0 Å². The fourth-order valence-electron chi connectivity index (χ4n) is 4.69. The Bertz CT molecular complexity index is 1020. The van der Waals surface area contributed by atoms with Gasteiger partial charge in [-0.2, -0.15) is 0 Å². The number of aryl methyl sites for hydroxylation is 1. The summed E-state index contributed by atoms with van der Waals surface area (Å²) in [6, 6.07) is 23.6. The van der Waals surface area contributed by atoms with E-state index in [4.69, 9.17) is 0 Å². The number of carbonyl (C=O) groups is 1. The van der Waals surface area contributed by atoms with Crippen LogP contribution >= 0.6 is 11.3 Å². The predicted octanol–water partition coefficient (Wildman–Crippen LogP) is 5.23. The summed E-state index contributed by atoms with van der Waals surface area (Å²) in [6.45, 7) is 4.06. The second kappa shape index (κ2) is 9.25. The lowest BCUT2D eigenvalue weighted by molar-refractivity contribution is 0.0913. The topological polar surface area (TPSA) is 35.6 Å². The Labute approximate surface area is 188 Å². The molecule has 1 aromatic heterocycles. The molecule has 4 nitrogen and oxygen atoms in total. The average molecular weight is 432 g/mol. The molecule has 0 aliphatic carbocycles. The van der Waals surface area contributed by atoms with Gasteiger partial charge in [0.05, 0.1) is 9.88 Å². The molecule has 5 heteroatoms. The summed E-state index contributed by atoms with van der Waals surface area (Å²) in [7, 11) is 0. The first kappa shape index (κ1) is 20.3. The zero-order valence-electron chi connectivity index (χ0n) is 17.8. The second-order valence-electron chi connectivity index (χ2n) is 8.53. The van der Waals surface area contributed by atoms with Crippen molar-refractivity contribution in [1.82, 2.24) is 10.2 Å². The highest BCUT2D eigenvalue weighted by Crippen LogP contribution is 2.37. The van der Waals surface area contributed by atoms with Gasteiger partial charge in [-0.3, -0.25) is 9.69 Å². The quantitative estimate of drug-likeness (QED) is 0.601. The minimum absolute atomic E-state index is 0.0723. The van der Waals surface area contributed by atoms with Crippen molar-refractivity contribution in [1.29, 1.82) is 0 Å². The molecule has 31 heavy (non-hydrogen) atoms. The van der Waals surface area contributed by atoms with Gasteiger partial charge in [0.2, 0.25) is 0 Å². The van der Waals surface area contributed by atoms with Crippen LogP contribution in [0.4, 0.5) is 10.7 Å². The Hall–Kier alpha value is -2.63. The van der Waals surface area contributed by atoms with E-state index in [0.717, 1.165) is 61.7 Å². The first-order chi connectivity index (χ1) is 15.3. The zero-order chi connectivity index (χ0) is 21.0. The second-order valence-corrected chi connectivity index (χ2v) is 9.59. The molecule has 1 saturated heterocycles. The standard InChI is InChI=1S/C26H29N3OS/c30-26(27-22-14-17-28(18-15-22)19-20-7-2-1-3-8-20)24-12-13-25(31-24)29-16-6-10-21-9-4-5-11-23(21)29/h1-5,7-9,11-13,22H,6,10,14-19H2,(H,27,30). The fraction of sp³-hybridized carbons (Fsp3) is 0.346. The number of anilines is 2. The first-order valence-electron chi connectivity index (χ1n) is 11.3. The fourth-order valence-corrected chi connectivity index (χ4v) is 5.64. The number of piperidine rings is 1. The number of fused-ring (bicyclic) bond motifs is 1. The normalized spacial score (nSPS) is 17.4. The lowest BCUT2D eigenvalue weighted by Gasteiger charge is -2.32. The molecule has 0 saturated carbocycles. The van der Waals surface area contributed by atoms with Crippen molar-refractivity contribution in [2.24, 2.45) is 0 Å². The van der Waals surface area contributed by atoms with Crippen LogP contribution in [-0.4, -0.2) is 36.5 Å². The van der Waals surface area contributed by atoms with Crippen LogP contribution in [0.5, 0.6) is 0 Å². The smallest absolute Gasteiger partial charge is 0.261 e. The predicted molar refractivity (Wildman–Crippen MR) is 128 cm³/mol. The third-order valence-corrected chi connectivity index (χ3v) is 7.47. The van der Waals surface area contributed by atoms with Crippen molar-refractivity contribution >= 4 is 27.9 Å². The maximum atomic E-state index is 12.9. The molecule has 1 fully saturated rings. The molecule has 0 bridgehead atoms. The number of rotatable bonds is 5. The van der Waals surface area contributed by atoms with Crippen LogP contribution in [0.25, 0.3) is 0 Å². The first-order valence-corrected chi connectivity index (χ1v) is 12.1. The Morgan fingerprint density at radius 2 is 1.71 bits per heavy atom. The van der Waals surface area contributed by atoms with E-state index in [-0.39, 0.29) is 11.9 Å². The van der Waals surface area contributed by atoms with Gasteiger partial charge < -0.3 is 10.2 Å². The van der Waals surface area contributed by atoms with Crippen molar-refractivity contribution < 1.29 is 4.79 Å². The number of thiophene rings is 1. The van der Waals surface area contributed by atoms with Gasteiger partial charge in [0.25, 0.3) is 5.91 Å². The molecule has 3 aromatic rings. The molecule has 160 valence electrons. The van der Waals surface area contributed by atoms with Crippen LogP contribution in [0, 0.1) is 0 Å². The molecule has 2 aromatic carbocycles. The third-order valence-electron chi connectivity index (χ3n) is 6.36. The molecule has 0 spiro atoms. The van der Waals surface area contributed by atoms with E-state index >= 15 is 0 Å². The summed E-state index contributed by atoms with van der Waals surface area (Å²) in [6.07, 6.45) is 4.30. The molecule has 3 heterocycles. The van der Waals surface area contributed by atoms with E-state index in [1.165, 1.54) is 16.8 Å². The Morgan fingerprint density at radius 1 is 0.935 bits per heavy atom. The SMILES string of the molecule is O=C(NC1CCN(Cc2ccccc2)CC1)c1ccc(N2CCCc3ccccc32)s1. The molecule has 0 unspecified atom stereocenters. The van der Waals surface area contributed by atoms with Gasteiger partial charge in [0.1, 0.15) is 0 Å². The monoisotopic (exact) mass is 431 g/mol. The molecule has 5 rings (SSSR count). The number of hydrogen-bond acceptors (Lipinski definition) is 4. The maximum absolute atomic E-state index is 12.9. The van der Waals surface area contributed by atoms with E-state index in [9.17, 15) is 4.79 Å². The van der Waals surface area contributed by atoms with E-state index < -0.39 is 0 Å². The highest BCUT2D eigenvalue weighted by molar-refractivity contribution is 7.18. The Balaban J connectivity index is 1.17. The number of carbonyl (C=O) groups excluding carboxylic acids is 1. The average Bonchev–Trinajstić information content (AvgIpc) is 3.31. The highest BCUT2D eigenvalue weighted by Gasteiger charge is 2.23. The number of benzene rings is 2. The number of likely N-dealkylation sites (tertiary alicyclic amines) is 1. The molecule has 2 aliphatic rings. The minimum atomic E-state index is 0.0723. The summed E-state index contributed by atoms with van der Waals surface area (Å²) in [4.78, 5) is 18.5. The van der Waals surface area contributed by atoms with Crippen molar-refractivity contribution in [2.75, 3.05) is 24.5 Å². The summed E-state index contributed by atoms with van der Waals surface area (Å²) < 4.78 is 0. The Kier molecular flexibility index (Phi) is 6.05. The largest absolute Gasteiger partial charge is 0.349 e. The lowest BCUT2D eigenvalue weighted by Crippen LogP contribution is -2.44. The number of hydrogen-bond donors (Lipinski definition) is 1. The van der Waals surface area contributed by atoms with Crippen LogP contribution in [0.3, 0.4) is 0 Å². The van der Waals surface area contributed by atoms with E-state index in [1.54, 1.807) is 11.3 Å². The summed E-state index contributed by atoms with van der Waals surface area (Å²) in [5.74, 6) is 0.0723. The van der Waals surface area contributed by atoms with Crippen LogP contribution in [0.1, 0.15) is 40.1 Å². The van der Waals surface area contributed by atoms with Crippen LogP contribution < -0.4 is 10.2 Å². The van der Waals surface area contributed by atoms with Crippen LogP contribution in [0.15, 0.2) is 66.7 Å². The number of amides is 1. The number of para-hydroxylation sites is 1. The van der Waals surface area contributed by atoms with Gasteiger partial charge >= 0.3 is 0 Å². The summed E-state index contributed by atoms with van der Waals surface area (Å²) >= 11 is 1.61. The van der Waals surface area contributed by atoms with Crippen molar-refractivity contribution in [3.05, 3.63) is 82.7 Å². The van der Waals surface area contributed by atoms with Gasteiger partial charge in [-0.15, -0.1) is 11.3 Å². The maximum Gasteiger partial charge on any atom is 0.261 e. The molecule has 1 amide bonds. The molecular formula is C26H29N3OS. The highest BCUT2D eigenvalue weighted by atomic mass is 32.1. The van der Waals surface area contributed by atoms with Crippen molar-refractivity contribution in [3.63, 3.8) is 0 Å². The van der Waals surface area contributed by atoms with Crippen molar-refractivity contribution in [3.8, 4) is 0 Å². The van der Waals surface area contributed by atoms with Gasteiger partial charge in [0.15, 0.2) is 0 Å². The lowest BCUT2D eigenvalue weighted by atomic mass is 10.0. The van der Waals surface area contributed by atoms with Crippen molar-refractivity contribution in [2.45, 2.75) is 38.3 Å². The minimum Gasteiger partial charge on any atom is -0.349 e. The van der Waals surface area contributed by atoms with E-state index in [1.807, 2.05) is 6.07 Å². The zero-order valence-corrected chi connectivity index (χ0v) is 18.6. The summed E-state index contributed by atoms with van der Waals surface area (Å²) in [5.41, 5.74) is 4.04. The molecule has 2 aliphatic heterocycles. The number of nitrogens with zero attached hydrogens (tertiary/aromatic N) is 2. The van der Waals surface area contributed by atoms with E-state index in [0.29, 0.717) is 0 Å². The Morgan fingerprint density at radius 3 is 2.55 bits per heavy atom. The molecule has 0 atom stereocenters. The van der Waals surface area contributed by atoms with Gasteiger partial charge in [-0.1, -0.05) is 48.5 Å². The molecule has 1 N–H and O–H groups in total. The van der Waals surface area contributed by atoms with Gasteiger partial charge in [-0.25, -0.2) is 0 Å². The summed E-state index contributed by atoms with van der Waals surface area (Å²) in [5, 5.41) is 4.44. The number of nitrogens with one attached hydrogen (secondary N) is 1. The van der Waals surface area contributed by atoms with E-state index in [2.05, 4.69) is 75.8 Å². The molecular weight excluding hydrogens is 402 g/mol.